The summed E-state index contributed by atoms with van der Waals surface area (Å²) < 4.78 is 21.0. The SMILES string of the molecule is CCC(C)COCCOCCOCCOC(=O)C(=O)c1ccccc1. The summed E-state index contributed by atoms with van der Waals surface area (Å²) in [6, 6.07) is 8.31. The first-order chi connectivity index (χ1) is 12.1. The molecule has 0 N–H and O–H groups in total. The van der Waals surface area contributed by atoms with Gasteiger partial charge in [-0.3, -0.25) is 4.79 Å². The van der Waals surface area contributed by atoms with E-state index in [9.17, 15) is 9.59 Å². The second-order valence-electron chi connectivity index (χ2n) is 5.64. The average molecular weight is 352 g/mol. The Morgan fingerprint density at radius 2 is 1.44 bits per heavy atom. The van der Waals surface area contributed by atoms with Gasteiger partial charge in [0.05, 0.1) is 33.0 Å². The van der Waals surface area contributed by atoms with Gasteiger partial charge in [-0.1, -0.05) is 50.6 Å². The van der Waals surface area contributed by atoms with Crippen LogP contribution in [0.1, 0.15) is 30.6 Å². The first-order valence-corrected chi connectivity index (χ1v) is 8.64. The Morgan fingerprint density at radius 3 is 2.04 bits per heavy atom. The highest BCUT2D eigenvalue weighted by atomic mass is 16.6. The minimum atomic E-state index is -0.871. The molecular weight excluding hydrogens is 324 g/mol. The summed E-state index contributed by atoms with van der Waals surface area (Å²) >= 11 is 0. The van der Waals surface area contributed by atoms with Crippen molar-refractivity contribution in [3.8, 4) is 0 Å². The largest absolute Gasteiger partial charge is 0.457 e. The number of hydrogen-bond donors (Lipinski definition) is 0. The Bertz CT molecular complexity index is 488. The van der Waals surface area contributed by atoms with Gasteiger partial charge in [0.25, 0.3) is 5.78 Å². The van der Waals surface area contributed by atoms with Gasteiger partial charge in [-0.15, -0.1) is 0 Å². The van der Waals surface area contributed by atoms with E-state index in [1.165, 1.54) is 0 Å². The van der Waals surface area contributed by atoms with Crippen LogP contribution in [0.25, 0.3) is 0 Å². The lowest BCUT2D eigenvalue weighted by molar-refractivity contribution is -0.139. The lowest BCUT2D eigenvalue weighted by atomic mass is 10.1. The van der Waals surface area contributed by atoms with Crippen LogP contribution in [-0.2, 0) is 23.7 Å². The Kier molecular flexibility index (Phi) is 11.5. The lowest BCUT2D eigenvalue weighted by Crippen LogP contribution is -2.20. The second kappa shape index (κ2) is 13.5. The van der Waals surface area contributed by atoms with Gasteiger partial charge < -0.3 is 18.9 Å². The van der Waals surface area contributed by atoms with E-state index in [0.717, 1.165) is 13.0 Å². The second-order valence-corrected chi connectivity index (χ2v) is 5.64. The molecule has 0 radical (unpaired) electrons. The van der Waals surface area contributed by atoms with E-state index < -0.39 is 11.8 Å². The molecule has 1 unspecified atom stereocenters. The van der Waals surface area contributed by atoms with E-state index in [1.54, 1.807) is 30.3 Å². The van der Waals surface area contributed by atoms with E-state index >= 15 is 0 Å². The fraction of sp³-hybridized carbons (Fsp3) is 0.579. The van der Waals surface area contributed by atoms with E-state index in [0.29, 0.717) is 37.9 Å². The molecule has 6 nitrogen and oxygen atoms in total. The minimum absolute atomic E-state index is 0.0371. The van der Waals surface area contributed by atoms with Crippen molar-refractivity contribution in [1.29, 1.82) is 0 Å². The average Bonchev–Trinajstić information content (AvgIpc) is 2.65. The number of Topliss-reactive ketones (excluding diaryl/α,β-unsaturated/α-hetero) is 1. The van der Waals surface area contributed by atoms with Crippen molar-refractivity contribution in [2.24, 2.45) is 5.92 Å². The molecule has 0 amide bonds. The highest BCUT2D eigenvalue weighted by molar-refractivity contribution is 6.40. The van der Waals surface area contributed by atoms with Crippen LogP contribution in [-0.4, -0.2) is 58.0 Å². The van der Waals surface area contributed by atoms with Gasteiger partial charge in [0.15, 0.2) is 0 Å². The fourth-order valence-electron chi connectivity index (χ4n) is 1.81. The molecule has 0 aromatic heterocycles. The number of esters is 1. The molecule has 1 atom stereocenters. The third kappa shape index (κ3) is 9.96. The molecule has 140 valence electrons. The standard InChI is InChI=1S/C19H28O6/c1-3-16(2)15-24-12-11-22-9-10-23-13-14-25-19(21)18(20)17-7-5-4-6-8-17/h4-8,16H,3,9-15H2,1-2H3. The predicted octanol–water partition coefficient (Wildman–Crippen LogP) is 2.51. The molecule has 0 saturated heterocycles. The number of carbonyl (C=O) groups is 2. The van der Waals surface area contributed by atoms with Crippen LogP contribution >= 0.6 is 0 Å². The molecule has 0 bridgehead atoms. The molecule has 0 spiro atoms. The number of ketones is 1. The molecule has 25 heavy (non-hydrogen) atoms. The summed E-state index contributed by atoms with van der Waals surface area (Å²) in [5.41, 5.74) is 0.317. The monoisotopic (exact) mass is 352 g/mol. The first-order valence-electron chi connectivity index (χ1n) is 8.64. The van der Waals surface area contributed by atoms with E-state index in [1.807, 2.05) is 0 Å². The van der Waals surface area contributed by atoms with Gasteiger partial charge in [-0.25, -0.2) is 4.79 Å². The Balaban J connectivity index is 1.93. The zero-order valence-electron chi connectivity index (χ0n) is 15.1. The van der Waals surface area contributed by atoms with Crippen molar-refractivity contribution >= 4 is 11.8 Å². The van der Waals surface area contributed by atoms with Crippen LogP contribution < -0.4 is 0 Å². The van der Waals surface area contributed by atoms with Crippen LogP contribution in [0, 0.1) is 5.92 Å². The topological polar surface area (TPSA) is 71.1 Å². The fourth-order valence-corrected chi connectivity index (χ4v) is 1.81. The van der Waals surface area contributed by atoms with Gasteiger partial charge in [-0.2, -0.15) is 0 Å². The predicted molar refractivity (Wildman–Crippen MR) is 93.6 cm³/mol. The maximum Gasteiger partial charge on any atom is 0.379 e. The smallest absolute Gasteiger partial charge is 0.379 e. The van der Waals surface area contributed by atoms with Crippen LogP contribution in [0.4, 0.5) is 0 Å². The Hall–Kier alpha value is -1.76. The number of hydrogen-bond acceptors (Lipinski definition) is 6. The molecule has 6 heteroatoms. The normalized spacial score (nSPS) is 11.9. The van der Waals surface area contributed by atoms with Crippen LogP contribution in [0.15, 0.2) is 30.3 Å². The van der Waals surface area contributed by atoms with Gasteiger partial charge in [0, 0.05) is 12.2 Å². The quantitative estimate of drug-likeness (QED) is 0.222. The van der Waals surface area contributed by atoms with Gasteiger partial charge >= 0.3 is 5.97 Å². The van der Waals surface area contributed by atoms with Crippen molar-refractivity contribution in [3.05, 3.63) is 35.9 Å². The van der Waals surface area contributed by atoms with Crippen molar-refractivity contribution in [2.45, 2.75) is 20.3 Å². The van der Waals surface area contributed by atoms with Crippen molar-refractivity contribution in [3.63, 3.8) is 0 Å². The number of carbonyl (C=O) groups excluding carboxylic acids is 2. The van der Waals surface area contributed by atoms with Gasteiger partial charge in [0.2, 0.25) is 0 Å². The Labute approximate surface area is 149 Å². The van der Waals surface area contributed by atoms with Gasteiger partial charge in [0.1, 0.15) is 6.61 Å². The van der Waals surface area contributed by atoms with Crippen molar-refractivity contribution in [2.75, 3.05) is 46.2 Å². The minimum Gasteiger partial charge on any atom is -0.457 e. The zero-order valence-corrected chi connectivity index (χ0v) is 15.1. The molecule has 1 rings (SSSR count). The lowest BCUT2D eigenvalue weighted by Gasteiger charge is -2.10. The third-order valence-electron chi connectivity index (χ3n) is 3.53. The van der Waals surface area contributed by atoms with Crippen molar-refractivity contribution in [1.82, 2.24) is 0 Å². The number of ether oxygens (including phenoxy) is 4. The number of benzene rings is 1. The maximum atomic E-state index is 11.8. The molecular formula is C19H28O6. The third-order valence-corrected chi connectivity index (χ3v) is 3.53. The molecule has 1 aromatic carbocycles. The van der Waals surface area contributed by atoms with Gasteiger partial charge in [-0.05, 0) is 5.92 Å². The van der Waals surface area contributed by atoms with Crippen LogP contribution in [0.2, 0.25) is 0 Å². The molecule has 0 aliphatic rings. The summed E-state index contributed by atoms with van der Waals surface area (Å²) in [6.45, 7) is 7.25. The maximum absolute atomic E-state index is 11.8. The highest BCUT2D eigenvalue weighted by Gasteiger charge is 2.16. The van der Waals surface area contributed by atoms with E-state index in [2.05, 4.69) is 13.8 Å². The summed E-state index contributed by atoms with van der Waals surface area (Å²) in [5, 5.41) is 0. The molecule has 1 aromatic rings. The van der Waals surface area contributed by atoms with E-state index in [4.69, 9.17) is 18.9 Å². The molecule has 0 fully saturated rings. The first kappa shape index (κ1) is 21.3. The van der Waals surface area contributed by atoms with Crippen molar-refractivity contribution < 1.29 is 28.5 Å². The van der Waals surface area contributed by atoms with Crippen LogP contribution in [0.5, 0.6) is 0 Å². The number of rotatable bonds is 14. The van der Waals surface area contributed by atoms with E-state index in [-0.39, 0.29) is 13.2 Å². The summed E-state index contributed by atoms with van der Waals surface area (Å²) in [7, 11) is 0. The molecule has 0 saturated carbocycles. The summed E-state index contributed by atoms with van der Waals surface area (Å²) in [4.78, 5) is 23.3. The zero-order chi connectivity index (χ0) is 18.3. The molecule has 0 heterocycles. The summed E-state index contributed by atoms with van der Waals surface area (Å²) in [5.74, 6) is -0.953. The molecule has 0 aliphatic heterocycles. The highest BCUT2D eigenvalue weighted by Crippen LogP contribution is 2.01. The molecule has 0 aliphatic carbocycles. The summed E-state index contributed by atoms with van der Waals surface area (Å²) in [6.07, 6.45) is 1.11. The van der Waals surface area contributed by atoms with Crippen LogP contribution in [0.3, 0.4) is 0 Å². The Morgan fingerprint density at radius 1 is 0.880 bits per heavy atom.